The van der Waals surface area contributed by atoms with Gasteiger partial charge in [0.25, 0.3) is 5.91 Å². The number of carboxylic acids is 1. The van der Waals surface area contributed by atoms with Crippen molar-refractivity contribution in [1.82, 2.24) is 4.98 Å². The average Bonchev–Trinajstić information content (AvgIpc) is 2.78. The summed E-state index contributed by atoms with van der Waals surface area (Å²) in [5, 5.41) is 13.3. The number of benzene rings is 3. The molecule has 0 aliphatic carbocycles. The Hall–Kier alpha value is -2.90. The second kappa shape index (κ2) is 10.6. The SMILES string of the molecule is O=C(Nc1ccc(Cl)cc1C(=O)O)c1cccc(OCc2ccc3ccccc3n2)c1.[Na]. The molecule has 2 N–H and O–H groups in total. The van der Waals surface area contributed by atoms with Gasteiger partial charge in [0.2, 0.25) is 0 Å². The molecule has 1 heterocycles. The number of nitrogens with zero attached hydrogens (tertiary/aromatic N) is 1. The van der Waals surface area contributed by atoms with E-state index in [0.717, 1.165) is 16.6 Å². The van der Waals surface area contributed by atoms with Crippen molar-refractivity contribution in [2.24, 2.45) is 0 Å². The summed E-state index contributed by atoms with van der Waals surface area (Å²) < 4.78 is 5.81. The van der Waals surface area contributed by atoms with Crippen LogP contribution in [0, 0.1) is 0 Å². The van der Waals surface area contributed by atoms with Crippen LogP contribution in [0.2, 0.25) is 5.02 Å². The Balaban J connectivity index is 0.00000289. The molecule has 0 aliphatic heterocycles. The van der Waals surface area contributed by atoms with Crippen LogP contribution in [0.4, 0.5) is 5.69 Å². The van der Waals surface area contributed by atoms with E-state index in [1.807, 2.05) is 36.4 Å². The molecule has 0 atom stereocenters. The van der Waals surface area contributed by atoms with Gasteiger partial charge in [-0.25, -0.2) is 9.78 Å². The van der Waals surface area contributed by atoms with E-state index in [2.05, 4.69) is 10.3 Å². The molecule has 32 heavy (non-hydrogen) atoms. The number of carboxylic acid groups (broad SMARTS) is 1. The molecule has 0 aliphatic rings. The quantitative estimate of drug-likeness (QED) is 0.398. The molecule has 0 unspecified atom stereocenters. The molecule has 1 aromatic heterocycles. The number of carbonyl (C=O) groups excluding carboxylic acids is 1. The first-order valence-electron chi connectivity index (χ1n) is 9.41. The van der Waals surface area contributed by atoms with Crippen molar-refractivity contribution in [3.05, 3.63) is 101 Å². The molecule has 8 heteroatoms. The molecule has 155 valence electrons. The first kappa shape index (κ1) is 23.8. The third-order valence-electron chi connectivity index (χ3n) is 4.60. The maximum atomic E-state index is 12.6. The van der Waals surface area contributed by atoms with Crippen LogP contribution in [0.15, 0.2) is 78.9 Å². The summed E-state index contributed by atoms with van der Waals surface area (Å²) in [6, 6.07) is 22.6. The number of carbonyl (C=O) groups is 2. The standard InChI is InChI=1S/C24H17ClN2O4.Na/c25-17-9-11-22(20(13-17)24(29)30)27-23(28)16-5-3-6-19(12-16)31-14-18-10-8-15-4-1-2-7-21(15)26-18;/h1-13H,14H2,(H,27,28)(H,29,30);. The largest absolute Gasteiger partial charge is 0.487 e. The Bertz CT molecular complexity index is 1300. The fourth-order valence-electron chi connectivity index (χ4n) is 3.07. The molecule has 0 spiro atoms. The van der Waals surface area contributed by atoms with Gasteiger partial charge in [0.05, 0.1) is 22.5 Å². The molecule has 4 rings (SSSR count). The van der Waals surface area contributed by atoms with Gasteiger partial charge in [0, 0.05) is 45.5 Å². The van der Waals surface area contributed by atoms with Crippen LogP contribution in [-0.2, 0) is 6.61 Å². The normalized spacial score (nSPS) is 10.3. The topological polar surface area (TPSA) is 88.5 Å². The van der Waals surface area contributed by atoms with Crippen LogP contribution in [-0.4, -0.2) is 51.5 Å². The molecule has 3 aromatic carbocycles. The maximum absolute atomic E-state index is 12.6. The number of hydrogen-bond donors (Lipinski definition) is 2. The van der Waals surface area contributed by atoms with Gasteiger partial charge >= 0.3 is 5.97 Å². The fraction of sp³-hybridized carbons (Fsp3) is 0.0417. The molecule has 0 saturated heterocycles. The second-order valence-electron chi connectivity index (χ2n) is 6.76. The molecule has 0 bridgehead atoms. The Morgan fingerprint density at radius 1 is 0.969 bits per heavy atom. The zero-order valence-electron chi connectivity index (χ0n) is 17.2. The first-order valence-corrected chi connectivity index (χ1v) is 9.79. The van der Waals surface area contributed by atoms with E-state index in [-0.39, 0.29) is 52.4 Å². The van der Waals surface area contributed by atoms with E-state index >= 15 is 0 Å². The van der Waals surface area contributed by atoms with Crippen LogP contribution >= 0.6 is 11.6 Å². The predicted molar refractivity (Wildman–Crippen MR) is 125 cm³/mol. The Kier molecular flexibility index (Phi) is 7.88. The van der Waals surface area contributed by atoms with E-state index in [4.69, 9.17) is 16.3 Å². The number of halogens is 1. The van der Waals surface area contributed by atoms with E-state index in [1.165, 1.54) is 18.2 Å². The Labute approximate surface area is 211 Å². The molecular weight excluding hydrogens is 439 g/mol. The second-order valence-corrected chi connectivity index (χ2v) is 7.20. The van der Waals surface area contributed by atoms with E-state index < -0.39 is 11.9 Å². The van der Waals surface area contributed by atoms with Crippen molar-refractivity contribution in [2.45, 2.75) is 6.61 Å². The number of amides is 1. The minimum atomic E-state index is -1.18. The molecule has 0 saturated carbocycles. The summed E-state index contributed by atoms with van der Waals surface area (Å²) in [4.78, 5) is 28.6. The summed E-state index contributed by atoms with van der Waals surface area (Å²) in [5.41, 5.74) is 2.05. The van der Waals surface area contributed by atoms with E-state index in [9.17, 15) is 14.7 Å². The number of hydrogen-bond acceptors (Lipinski definition) is 4. The molecule has 6 nitrogen and oxygen atoms in total. The number of anilines is 1. The van der Waals surface area contributed by atoms with Crippen LogP contribution in [0.5, 0.6) is 5.75 Å². The van der Waals surface area contributed by atoms with Crippen molar-refractivity contribution in [1.29, 1.82) is 0 Å². The number of aromatic nitrogens is 1. The summed E-state index contributed by atoms with van der Waals surface area (Å²) in [6.07, 6.45) is 0. The number of ether oxygens (including phenoxy) is 1. The van der Waals surface area contributed by atoms with E-state index in [1.54, 1.807) is 24.3 Å². The van der Waals surface area contributed by atoms with Gasteiger partial charge in [-0.15, -0.1) is 0 Å². The summed E-state index contributed by atoms with van der Waals surface area (Å²) in [7, 11) is 0. The summed E-state index contributed by atoms with van der Waals surface area (Å²) in [5.74, 6) is -1.14. The monoisotopic (exact) mass is 455 g/mol. The zero-order chi connectivity index (χ0) is 21.8. The number of pyridine rings is 1. The minimum Gasteiger partial charge on any atom is -0.487 e. The van der Waals surface area contributed by atoms with Crippen LogP contribution < -0.4 is 10.1 Å². The number of fused-ring (bicyclic) bond motifs is 1. The first-order chi connectivity index (χ1) is 15.0. The van der Waals surface area contributed by atoms with Crippen LogP contribution in [0.1, 0.15) is 26.4 Å². The molecule has 0 fully saturated rings. The van der Waals surface area contributed by atoms with Crippen molar-refractivity contribution in [3.8, 4) is 5.75 Å². The van der Waals surface area contributed by atoms with Crippen molar-refractivity contribution in [3.63, 3.8) is 0 Å². The Morgan fingerprint density at radius 3 is 2.59 bits per heavy atom. The maximum Gasteiger partial charge on any atom is 0.337 e. The average molecular weight is 456 g/mol. The number of rotatable bonds is 6. The van der Waals surface area contributed by atoms with Crippen molar-refractivity contribution in [2.75, 3.05) is 5.32 Å². The number of para-hydroxylation sites is 1. The molecule has 1 radical (unpaired) electrons. The molecular formula is C24H17ClN2NaO4. The van der Waals surface area contributed by atoms with E-state index in [0.29, 0.717) is 11.3 Å². The summed E-state index contributed by atoms with van der Waals surface area (Å²) >= 11 is 5.85. The minimum absolute atomic E-state index is 0. The van der Waals surface area contributed by atoms with Gasteiger partial charge in [-0.2, -0.15) is 0 Å². The van der Waals surface area contributed by atoms with Crippen LogP contribution in [0.3, 0.4) is 0 Å². The van der Waals surface area contributed by atoms with Gasteiger partial charge in [-0.3, -0.25) is 4.79 Å². The zero-order valence-corrected chi connectivity index (χ0v) is 20.0. The van der Waals surface area contributed by atoms with Gasteiger partial charge in [0.15, 0.2) is 0 Å². The van der Waals surface area contributed by atoms with Crippen LogP contribution in [0.25, 0.3) is 10.9 Å². The third-order valence-corrected chi connectivity index (χ3v) is 4.83. The van der Waals surface area contributed by atoms with Gasteiger partial charge in [-0.05, 0) is 48.5 Å². The molecule has 4 aromatic rings. The summed E-state index contributed by atoms with van der Waals surface area (Å²) in [6.45, 7) is 0.246. The third kappa shape index (κ3) is 5.66. The fourth-order valence-corrected chi connectivity index (χ4v) is 3.24. The number of nitrogens with one attached hydrogen (secondary N) is 1. The Morgan fingerprint density at radius 2 is 1.78 bits per heavy atom. The van der Waals surface area contributed by atoms with Gasteiger partial charge < -0.3 is 15.2 Å². The number of aromatic carboxylic acids is 1. The van der Waals surface area contributed by atoms with Gasteiger partial charge in [0.1, 0.15) is 12.4 Å². The smallest absolute Gasteiger partial charge is 0.337 e. The molecule has 1 amide bonds. The van der Waals surface area contributed by atoms with Crippen molar-refractivity contribution < 1.29 is 19.4 Å². The van der Waals surface area contributed by atoms with Crippen molar-refractivity contribution >= 4 is 69.6 Å². The predicted octanol–water partition coefficient (Wildman–Crippen LogP) is 5.04. The van der Waals surface area contributed by atoms with Gasteiger partial charge in [-0.1, -0.05) is 41.9 Å².